The molecule has 0 unspecified atom stereocenters. The number of thioether (sulfide) groups is 1. The Morgan fingerprint density at radius 1 is 1.55 bits per heavy atom. The van der Waals surface area contributed by atoms with Crippen LogP contribution in [0.3, 0.4) is 0 Å². The van der Waals surface area contributed by atoms with Crippen molar-refractivity contribution in [1.82, 2.24) is 9.55 Å². The lowest BCUT2D eigenvalue weighted by atomic mass is 10.2. The molecule has 0 aliphatic rings. The zero-order valence-corrected chi connectivity index (χ0v) is 12.2. The fourth-order valence-electron chi connectivity index (χ4n) is 1.62. The third-order valence-electron chi connectivity index (χ3n) is 2.81. The van der Waals surface area contributed by atoms with E-state index in [2.05, 4.69) is 4.98 Å². The van der Waals surface area contributed by atoms with Crippen molar-refractivity contribution in [1.29, 1.82) is 0 Å². The summed E-state index contributed by atoms with van der Waals surface area (Å²) in [6.07, 6.45) is 1.61. The Morgan fingerprint density at radius 2 is 2.30 bits per heavy atom. The molecule has 20 heavy (non-hydrogen) atoms. The van der Waals surface area contributed by atoms with Gasteiger partial charge in [0, 0.05) is 24.9 Å². The van der Waals surface area contributed by atoms with E-state index >= 15 is 0 Å². The summed E-state index contributed by atoms with van der Waals surface area (Å²) in [6, 6.07) is 4.41. The molecule has 0 radical (unpaired) electrons. The number of imidazole rings is 1. The molecule has 0 aliphatic carbocycles. The van der Waals surface area contributed by atoms with Crippen LogP contribution in [0.25, 0.3) is 0 Å². The molecule has 2 aromatic rings. The fourth-order valence-corrected chi connectivity index (χ4v) is 2.91. The van der Waals surface area contributed by atoms with E-state index in [1.165, 1.54) is 23.9 Å². The van der Waals surface area contributed by atoms with Crippen molar-refractivity contribution >= 4 is 29.1 Å². The third kappa shape index (κ3) is 3.12. The van der Waals surface area contributed by atoms with Crippen LogP contribution in [0.15, 0.2) is 29.6 Å². The van der Waals surface area contributed by atoms with Crippen LogP contribution in [-0.4, -0.2) is 19.6 Å². The molecule has 0 saturated heterocycles. The molecule has 0 amide bonds. The second kappa shape index (κ2) is 6.25. The summed E-state index contributed by atoms with van der Waals surface area (Å²) in [4.78, 5) is 14.3. The van der Waals surface area contributed by atoms with Gasteiger partial charge in [0.05, 0.1) is 28.4 Å². The van der Waals surface area contributed by atoms with Crippen molar-refractivity contribution in [3.63, 3.8) is 0 Å². The van der Waals surface area contributed by atoms with Gasteiger partial charge < -0.3 is 9.67 Å². The van der Waals surface area contributed by atoms with Crippen LogP contribution < -0.4 is 0 Å². The van der Waals surface area contributed by atoms with Crippen molar-refractivity contribution in [3.05, 3.63) is 50.8 Å². The Labute approximate surface area is 124 Å². The SMILES string of the molecule is Cn1c(CO)cnc1SCc1ccc([N+](=O)[O-])cc1Cl. The molecule has 0 aliphatic heterocycles. The maximum Gasteiger partial charge on any atom is 0.270 e. The largest absolute Gasteiger partial charge is 0.390 e. The molecule has 1 aromatic heterocycles. The average Bonchev–Trinajstić information content (AvgIpc) is 2.77. The standard InChI is InChI=1S/C12H12ClN3O3S/c1-15-10(6-17)5-14-12(15)20-7-8-2-3-9(16(18)19)4-11(8)13/h2-5,17H,6-7H2,1H3. The predicted molar refractivity (Wildman–Crippen MR) is 76.8 cm³/mol. The van der Waals surface area contributed by atoms with Gasteiger partial charge in [0.15, 0.2) is 5.16 Å². The highest BCUT2D eigenvalue weighted by atomic mass is 35.5. The number of nitrogens with zero attached hydrogens (tertiary/aromatic N) is 3. The minimum absolute atomic E-state index is 0.0247. The first-order chi connectivity index (χ1) is 9.52. The number of nitro groups is 1. The summed E-state index contributed by atoms with van der Waals surface area (Å²) in [7, 11) is 1.82. The number of aromatic nitrogens is 2. The van der Waals surface area contributed by atoms with Crippen LogP contribution in [0, 0.1) is 10.1 Å². The third-order valence-corrected chi connectivity index (χ3v) is 4.25. The van der Waals surface area contributed by atoms with Gasteiger partial charge in [-0.2, -0.15) is 0 Å². The van der Waals surface area contributed by atoms with E-state index in [0.29, 0.717) is 10.8 Å². The molecule has 106 valence electrons. The highest BCUT2D eigenvalue weighted by molar-refractivity contribution is 7.98. The molecule has 0 bridgehead atoms. The lowest BCUT2D eigenvalue weighted by Crippen LogP contribution is -1.97. The van der Waals surface area contributed by atoms with Crippen LogP contribution in [-0.2, 0) is 19.4 Å². The minimum Gasteiger partial charge on any atom is -0.390 e. The van der Waals surface area contributed by atoms with Gasteiger partial charge in [-0.3, -0.25) is 10.1 Å². The van der Waals surface area contributed by atoms with Gasteiger partial charge in [-0.05, 0) is 11.6 Å². The van der Waals surface area contributed by atoms with Gasteiger partial charge in [0.25, 0.3) is 5.69 Å². The van der Waals surface area contributed by atoms with Gasteiger partial charge >= 0.3 is 0 Å². The number of rotatable bonds is 5. The second-order valence-corrected chi connectivity index (χ2v) is 5.42. The lowest BCUT2D eigenvalue weighted by Gasteiger charge is -2.05. The molecule has 0 spiro atoms. The normalized spacial score (nSPS) is 10.8. The quantitative estimate of drug-likeness (QED) is 0.521. The molecule has 0 fully saturated rings. The number of hydrogen-bond acceptors (Lipinski definition) is 5. The predicted octanol–water partition coefficient (Wildman–Crippen LogP) is 2.77. The molecule has 1 aromatic carbocycles. The van der Waals surface area contributed by atoms with Gasteiger partial charge in [-0.15, -0.1) is 0 Å². The zero-order valence-electron chi connectivity index (χ0n) is 10.6. The van der Waals surface area contributed by atoms with E-state index in [-0.39, 0.29) is 12.3 Å². The van der Waals surface area contributed by atoms with Gasteiger partial charge in [-0.1, -0.05) is 23.4 Å². The van der Waals surface area contributed by atoms with Crippen molar-refractivity contribution < 1.29 is 10.0 Å². The summed E-state index contributed by atoms with van der Waals surface area (Å²) in [5.74, 6) is 0.548. The molecule has 8 heteroatoms. The van der Waals surface area contributed by atoms with E-state index in [0.717, 1.165) is 16.4 Å². The highest BCUT2D eigenvalue weighted by Gasteiger charge is 2.11. The Hall–Kier alpha value is -1.57. The van der Waals surface area contributed by atoms with Gasteiger partial charge in [0.1, 0.15) is 0 Å². The first-order valence-corrected chi connectivity index (χ1v) is 7.06. The summed E-state index contributed by atoms with van der Waals surface area (Å²) < 4.78 is 1.80. The second-order valence-electron chi connectivity index (χ2n) is 4.07. The number of aliphatic hydroxyl groups excluding tert-OH is 1. The molecule has 0 saturated carbocycles. The minimum atomic E-state index is -0.477. The monoisotopic (exact) mass is 313 g/mol. The topological polar surface area (TPSA) is 81.2 Å². The van der Waals surface area contributed by atoms with E-state index in [1.54, 1.807) is 16.8 Å². The van der Waals surface area contributed by atoms with E-state index in [9.17, 15) is 10.1 Å². The Kier molecular flexibility index (Phi) is 4.64. The first-order valence-electron chi connectivity index (χ1n) is 5.70. The molecule has 6 nitrogen and oxygen atoms in total. The number of benzene rings is 1. The Balaban J connectivity index is 2.11. The maximum atomic E-state index is 10.6. The molecule has 1 heterocycles. The van der Waals surface area contributed by atoms with Crippen molar-refractivity contribution in [2.24, 2.45) is 7.05 Å². The lowest BCUT2D eigenvalue weighted by molar-refractivity contribution is -0.384. The van der Waals surface area contributed by atoms with Crippen LogP contribution in [0.1, 0.15) is 11.3 Å². The number of nitro benzene ring substituents is 1. The molecular weight excluding hydrogens is 302 g/mol. The van der Waals surface area contributed by atoms with Crippen LogP contribution in [0.2, 0.25) is 5.02 Å². The van der Waals surface area contributed by atoms with E-state index in [4.69, 9.17) is 16.7 Å². The van der Waals surface area contributed by atoms with E-state index in [1.807, 2.05) is 7.05 Å². The summed E-state index contributed by atoms with van der Waals surface area (Å²) in [5.41, 5.74) is 1.50. The molecular formula is C12H12ClN3O3S. The summed E-state index contributed by atoms with van der Waals surface area (Å²) in [6.45, 7) is -0.0671. The van der Waals surface area contributed by atoms with Gasteiger partial charge in [0.2, 0.25) is 0 Å². The first kappa shape index (κ1) is 14.8. The number of hydrogen-bond donors (Lipinski definition) is 1. The molecule has 0 atom stereocenters. The maximum absolute atomic E-state index is 10.6. The number of aliphatic hydroxyl groups is 1. The molecule has 1 N–H and O–H groups in total. The molecule has 2 rings (SSSR count). The Morgan fingerprint density at radius 3 is 2.85 bits per heavy atom. The van der Waals surface area contributed by atoms with Crippen LogP contribution in [0.4, 0.5) is 5.69 Å². The summed E-state index contributed by atoms with van der Waals surface area (Å²) in [5, 5.41) is 20.8. The zero-order chi connectivity index (χ0) is 14.7. The van der Waals surface area contributed by atoms with E-state index < -0.39 is 4.92 Å². The van der Waals surface area contributed by atoms with Crippen molar-refractivity contribution in [3.8, 4) is 0 Å². The van der Waals surface area contributed by atoms with Crippen LogP contribution >= 0.6 is 23.4 Å². The average molecular weight is 314 g/mol. The smallest absolute Gasteiger partial charge is 0.270 e. The van der Waals surface area contributed by atoms with Crippen molar-refractivity contribution in [2.45, 2.75) is 17.5 Å². The number of halogens is 1. The van der Waals surface area contributed by atoms with Gasteiger partial charge in [-0.25, -0.2) is 4.98 Å². The summed E-state index contributed by atoms with van der Waals surface area (Å²) >= 11 is 7.48. The Bertz CT molecular complexity index is 645. The van der Waals surface area contributed by atoms with Crippen LogP contribution in [0.5, 0.6) is 0 Å². The van der Waals surface area contributed by atoms with Crippen molar-refractivity contribution in [2.75, 3.05) is 0 Å². The fraction of sp³-hybridized carbons (Fsp3) is 0.250. The highest BCUT2D eigenvalue weighted by Crippen LogP contribution is 2.28. The number of non-ortho nitro benzene ring substituents is 1.